The van der Waals surface area contributed by atoms with Gasteiger partial charge in [0, 0.05) is 34.8 Å². The first-order valence-corrected chi connectivity index (χ1v) is 9.09. The minimum atomic E-state index is -0.280. The van der Waals surface area contributed by atoms with E-state index in [1.807, 2.05) is 31.2 Å². The number of hydrogen-bond acceptors (Lipinski definition) is 5. The van der Waals surface area contributed by atoms with Crippen LogP contribution in [-0.4, -0.2) is 25.6 Å². The van der Waals surface area contributed by atoms with Crippen molar-refractivity contribution in [2.45, 2.75) is 33.5 Å². The van der Waals surface area contributed by atoms with Crippen LogP contribution in [0.3, 0.4) is 0 Å². The number of aromatic nitrogens is 3. The Morgan fingerprint density at radius 2 is 2.00 bits per heavy atom. The van der Waals surface area contributed by atoms with Crippen molar-refractivity contribution in [2.24, 2.45) is 0 Å². The predicted octanol–water partition coefficient (Wildman–Crippen LogP) is 2.55. The van der Waals surface area contributed by atoms with E-state index >= 15 is 0 Å². The number of hydrogen-bond donors (Lipinski definition) is 0. The first-order chi connectivity index (χ1) is 12.5. The van der Waals surface area contributed by atoms with Crippen molar-refractivity contribution in [2.75, 3.05) is 0 Å². The average Bonchev–Trinajstić information content (AvgIpc) is 3.03. The molecule has 134 valence electrons. The van der Waals surface area contributed by atoms with Gasteiger partial charge in [-0.1, -0.05) is 6.07 Å². The third-order valence-electron chi connectivity index (χ3n) is 3.88. The molecule has 0 fully saturated rings. The van der Waals surface area contributed by atoms with Crippen molar-refractivity contribution in [3.63, 3.8) is 0 Å². The van der Waals surface area contributed by atoms with Gasteiger partial charge in [0.2, 0.25) is 5.91 Å². The van der Waals surface area contributed by atoms with Crippen LogP contribution in [0.25, 0.3) is 0 Å². The third-order valence-corrected chi connectivity index (χ3v) is 4.86. The summed E-state index contributed by atoms with van der Waals surface area (Å²) < 4.78 is 1.22. The van der Waals surface area contributed by atoms with Crippen LogP contribution in [0.1, 0.15) is 21.0 Å². The van der Waals surface area contributed by atoms with E-state index in [-0.39, 0.29) is 18.0 Å². The smallest absolute Gasteiger partial charge is 0.267 e. The highest BCUT2D eigenvalue weighted by atomic mass is 32.1. The van der Waals surface area contributed by atoms with Gasteiger partial charge in [0.05, 0.1) is 12.2 Å². The lowest BCUT2D eigenvalue weighted by Crippen LogP contribution is -2.36. The molecule has 0 aromatic carbocycles. The molecule has 0 aliphatic heterocycles. The van der Waals surface area contributed by atoms with Crippen molar-refractivity contribution in [3.05, 3.63) is 80.2 Å². The highest BCUT2D eigenvalue weighted by molar-refractivity contribution is 7.11. The maximum Gasteiger partial charge on any atom is 0.267 e. The molecule has 0 aliphatic rings. The zero-order valence-electron chi connectivity index (χ0n) is 14.8. The van der Waals surface area contributed by atoms with Crippen molar-refractivity contribution in [1.29, 1.82) is 0 Å². The number of carbonyl (C=O) groups excluding carboxylic acids is 1. The lowest BCUT2D eigenvalue weighted by Gasteiger charge is -2.22. The molecule has 1 amide bonds. The first-order valence-electron chi connectivity index (χ1n) is 8.28. The minimum Gasteiger partial charge on any atom is -0.332 e. The molecule has 3 aromatic rings. The van der Waals surface area contributed by atoms with Crippen molar-refractivity contribution in [3.8, 4) is 0 Å². The molecule has 3 rings (SSSR count). The van der Waals surface area contributed by atoms with Gasteiger partial charge in [-0.15, -0.1) is 11.3 Å². The van der Waals surface area contributed by atoms with Gasteiger partial charge in [-0.05, 0) is 43.7 Å². The van der Waals surface area contributed by atoms with Gasteiger partial charge < -0.3 is 4.90 Å². The fourth-order valence-corrected chi connectivity index (χ4v) is 3.50. The number of rotatable bonds is 6. The second-order valence-electron chi connectivity index (χ2n) is 6.09. The Hall–Kier alpha value is -2.80. The van der Waals surface area contributed by atoms with Crippen LogP contribution in [0.2, 0.25) is 0 Å². The number of pyridine rings is 1. The standard InChI is InChI=1S/C19H20N4O2S/c1-14-5-8-18(24)23(21-14)13-19(25)22(11-16-4-3-9-20-10-16)12-17-7-6-15(2)26-17/h3-10H,11-13H2,1-2H3. The maximum atomic E-state index is 12.9. The monoisotopic (exact) mass is 368 g/mol. The largest absolute Gasteiger partial charge is 0.332 e. The number of amides is 1. The Kier molecular flexibility index (Phi) is 5.58. The second-order valence-corrected chi connectivity index (χ2v) is 7.47. The summed E-state index contributed by atoms with van der Waals surface area (Å²) in [7, 11) is 0. The molecule has 0 N–H and O–H groups in total. The van der Waals surface area contributed by atoms with E-state index < -0.39 is 0 Å². The second kappa shape index (κ2) is 8.05. The SMILES string of the molecule is Cc1ccc(=O)n(CC(=O)N(Cc2cccnc2)Cc2ccc(C)s2)n1. The lowest BCUT2D eigenvalue weighted by molar-refractivity contribution is -0.133. The molecule has 0 bridgehead atoms. The average molecular weight is 368 g/mol. The van der Waals surface area contributed by atoms with Crippen LogP contribution in [-0.2, 0) is 24.4 Å². The van der Waals surface area contributed by atoms with Crippen LogP contribution in [0.15, 0.2) is 53.6 Å². The minimum absolute atomic E-state index is 0.0782. The summed E-state index contributed by atoms with van der Waals surface area (Å²) in [5.74, 6) is -0.153. The Morgan fingerprint density at radius 3 is 2.69 bits per heavy atom. The highest BCUT2D eigenvalue weighted by Gasteiger charge is 2.17. The van der Waals surface area contributed by atoms with E-state index in [0.29, 0.717) is 18.8 Å². The molecule has 3 heterocycles. The van der Waals surface area contributed by atoms with E-state index in [9.17, 15) is 9.59 Å². The molecule has 0 aliphatic carbocycles. The van der Waals surface area contributed by atoms with Crippen molar-refractivity contribution < 1.29 is 4.79 Å². The summed E-state index contributed by atoms with van der Waals surface area (Å²) in [4.78, 5) is 33.0. The quantitative estimate of drug-likeness (QED) is 0.671. The summed E-state index contributed by atoms with van der Waals surface area (Å²) in [6.07, 6.45) is 3.45. The Labute approximate surface area is 155 Å². The molecule has 0 radical (unpaired) electrons. The van der Waals surface area contributed by atoms with Crippen LogP contribution in [0, 0.1) is 13.8 Å². The number of thiophene rings is 1. The van der Waals surface area contributed by atoms with E-state index in [1.165, 1.54) is 15.6 Å². The normalized spacial score (nSPS) is 10.7. The molecule has 7 heteroatoms. The molecular formula is C19H20N4O2S. The number of nitrogens with zero attached hydrogens (tertiary/aromatic N) is 4. The molecule has 26 heavy (non-hydrogen) atoms. The number of aryl methyl sites for hydroxylation is 2. The molecule has 0 saturated carbocycles. The van der Waals surface area contributed by atoms with E-state index in [4.69, 9.17) is 0 Å². The zero-order valence-corrected chi connectivity index (χ0v) is 15.6. The third kappa shape index (κ3) is 4.64. The predicted molar refractivity (Wildman–Crippen MR) is 101 cm³/mol. The molecule has 0 saturated heterocycles. The summed E-state index contributed by atoms with van der Waals surface area (Å²) in [6.45, 7) is 4.68. The Balaban J connectivity index is 1.82. The fourth-order valence-electron chi connectivity index (χ4n) is 2.59. The van der Waals surface area contributed by atoms with Gasteiger partial charge in [-0.3, -0.25) is 14.6 Å². The fraction of sp³-hybridized carbons (Fsp3) is 0.263. The first kappa shape index (κ1) is 18.0. The van der Waals surface area contributed by atoms with E-state index in [1.54, 1.807) is 41.6 Å². The molecule has 0 unspecified atom stereocenters. The topological polar surface area (TPSA) is 68.1 Å². The molecular weight excluding hydrogens is 348 g/mol. The van der Waals surface area contributed by atoms with Crippen molar-refractivity contribution >= 4 is 17.2 Å². The van der Waals surface area contributed by atoms with Gasteiger partial charge in [0.15, 0.2) is 0 Å². The van der Waals surface area contributed by atoms with Gasteiger partial charge in [-0.25, -0.2) is 4.68 Å². The Morgan fingerprint density at radius 1 is 1.15 bits per heavy atom. The summed E-state index contributed by atoms with van der Waals surface area (Å²) in [6, 6.07) is 10.9. The van der Waals surface area contributed by atoms with Crippen LogP contribution >= 0.6 is 11.3 Å². The summed E-state index contributed by atoms with van der Waals surface area (Å²) in [5, 5.41) is 4.16. The van der Waals surface area contributed by atoms with Crippen LogP contribution in [0.5, 0.6) is 0 Å². The van der Waals surface area contributed by atoms with Gasteiger partial charge in [0.25, 0.3) is 5.56 Å². The number of carbonyl (C=O) groups is 1. The highest BCUT2D eigenvalue weighted by Crippen LogP contribution is 2.18. The van der Waals surface area contributed by atoms with Crippen molar-refractivity contribution in [1.82, 2.24) is 19.7 Å². The van der Waals surface area contributed by atoms with Gasteiger partial charge in [-0.2, -0.15) is 5.10 Å². The van der Waals surface area contributed by atoms with Crippen LogP contribution < -0.4 is 5.56 Å². The van der Waals surface area contributed by atoms with Gasteiger partial charge >= 0.3 is 0 Å². The van der Waals surface area contributed by atoms with Crippen LogP contribution in [0.4, 0.5) is 0 Å². The molecule has 3 aromatic heterocycles. The maximum absolute atomic E-state index is 12.9. The summed E-state index contributed by atoms with van der Waals surface area (Å²) in [5.41, 5.74) is 1.36. The molecule has 6 nitrogen and oxygen atoms in total. The van der Waals surface area contributed by atoms with E-state index in [0.717, 1.165) is 10.4 Å². The zero-order chi connectivity index (χ0) is 18.5. The molecule has 0 atom stereocenters. The lowest BCUT2D eigenvalue weighted by atomic mass is 10.2. The Bertz CT molecular complexity index is 949. The van der Waals surface area contributed by atoms with E-state index in [2.05, 4.69) is 10.1 Å². The van der Waals surface area contributed by atoms with Gasteiger partial charge in [0.1, 0.15) is 6.54 Å². The molecule has 0 spiro atoms. The summed E-state index contributed by atoms with van der Waals surface area (Å²) >= 11 is 1.66.